The van der Waals surface area contributed by atoms with E-state index in [-0.39, 0.29) is 11.3 Å². The number of aldehydes is 1. The van der Waals surface area contributed by atoms with Gasteiger partial charge in [0.25, 0.3) is 5.91 Å². The van der Waals surface area contributed by atoms with Crippen LogP contribution in [0.15, 0.2) is 18.2 Å². The fourth-order valence-corrected chi connectivity index (χ4v) is 5.11. The first-order valence-electron chi connectivity index (χ1n) is 11.0. The average molecular weight is 443 g/mol. The van der Waals surface area contributed by atoms with Gasteiger partial charge in [-0.3, -0.25) is 4.79 Å². The second-order valence-corrected chi connectivity index (χ2v) is 10.3. The molecule has 1 amide bonds. The Balaban J connectivity index is 2.02. The summed E-state index contributed by atoms with van der Waals surface area (Å²) in [5.41, 5.74) is 5.50. The van der Waals surface area contributed by atoms with Crippen molar-refractivity contribution >= 4 is 29.6 Å². The van der Waals surface area contributed by atoms with Crippen LogP contribution in [0.1, 0.15) is 60.4 Å². The zero-order chi connectivity index (χ0) is 22.6. The third-order valence-electron chi connectivity index (χ3n) is 6.06. The van der Waals surface area contributed by atoms with Crippen LogP contribution in [0.5, 0.6) is 0 Å². The van der Waals surface area contributed by atoms with Crippen LogP contribution in [0.2, 0.25) is 0 Å². The maximum atomic E-state index is 12.5. The Morgan fingerprint density at radius 3 is 2.65 bits per heavy atom. The van der Waals surface area contributed by atoms with E-state index in [1.807, 2.05) is 41.6 Å². The molecule has 7 heteroatoms. The molecule has 1 aliphatic heterocycles. The van der Waals surface area contributed by atoms with Crippen molar-refractivity contribution in [3.8, 4) is 5.69 Å². The van der Waals surface area contributed by atoms with Crippen LogP contribution in [0.25, 0.3) is 5.69 Å². The fourth-order valence-electron chi connectivity index (χ4n) is 4.00. The van der Waals surface area contributed by atoms with Crippen LogP contribution >= 0.6 is 11.8 Å². The predicted octanol–water partition coefficient (Wildman–Crippen LogP) is 4.31. The molecule has 6 nitrogen and oxygen atoms in total. The zero-order valence-electron chi connectivity index (χ0n) is 19.2. The van der Waals surface area contributed by atoms with Gasteiger partial charge in [0, 0.05) is 30.9 Å². The molecule has 0 aliphatic carbocycles. The largest absolute Gasteiger partial charge is 0.382 e. The van der Waals surface area contributed by atoms with Gasteiger partial charge >= 0.3 is 0 Å². The number of hydrogen-bond acceptors (Lipinski definition) is 5. The summed E-state index contributed by atoms with van der Waals surface area (Å²) >= 11 is 1.98. The van der Waals surface area contributed by atoms with E-state index in [4.69, 9.17) is 5.10 Å². The number of aryl methyl sites for hydroxylation is 1. The van der Waals surface area contributed by atoms with Gasteiger partial charge in [-0.2, -0.15) is 16.9 Å². The minimum Gasteiger partial charge on any atom is -0.382 e. The van der Waals surface area contributed by atoms with Crippen molar-refractivity contribution in [2.75, 3.05) is 23.9 Å². The number of anilines is 1. The van der Waals surface area contributed by atoms with Gasteiger partial charge in [-0.1, -0.05) is 13.8 Å². The monoisotopic (exact) mass is 442 g/mol. The molecule has 1 saturated heterocycles. The number of nitrogens with zero attached hydrogens (tertiary/aromatic N) is 2. The van der Waals surface area contributed by atoms with Gasteiger partial charge in [0.05, 0.1) is 16.9 Å². The summed E-state index contributed by atoms with van der Waals surface area (Å²) < 4.78 is 1.98. The average Bonchev–Trinajstić information content (AvgIpc) is 3.02. The molecule has 2 N–H and O–H groups in total. The maximum absolute atomic E-state index is 12.5. The molecule has 1 aromatic carbocycles. The molecule has 0 spiro atoms. The summed E-state index contributed by atoms with van der Waals surface area (Å²) in [7, 11) is 1.66. The molecule has 1 aliphatic rings. The van der Waals surface area contributed by atoms with E-state index in [1.165, 1.54) is 0 Å². The highest BCUT2D eigenvalue weighted by Crippen LogP contribution is 2.31. The standard InChI is InChI=1S/C24H34N4O2S/c1-16-17(2)27-28(22(16)15-24(3,4)10-11-29)19-6-7-20(23(30)25-5)21(14-19)26-18-8-12-31-13-9-18/h6-7,11,14,18,26H,8-10,12-13,15H2,1-5H3,(H,25,30). The first-order valence-corrected chi connectivity index (χ1v) is 12.1. The number of thioether (sulfide) groups is 1. The third-order valence-corrected chi connectivity index (χ3v) is 7.11. The summed E-state index contributed by atoms with van der Waals surface area (Å²) in [6.07, 6.45) is 4.42. The summed E-state index contributed by atoms with van der Waals surface area (Å²) in [6.45, 7) is 8.31. The molecule has 0 saturated carbocycles. The molecule has 0 atom stereocenters. The van der Waals surface area contributed by atoms with Gasteiger partial charge in [0.1, 0.15) is 6.29 Å². The van der Waals surface area contributed by atoms with Crippen LogP contribution in [0.3, 0.4) is 0 Å². The minimum atomic E-state index is -0.153. The lowest BCUT2D eigenvalue weighted by atomic mass is 9.84. The first-order chi connectivity index (χ1) is 14.8. The number of carbonyl (C=O) groups is 2. The highest BCUT2D eigenvalue weighted by molar-refractivity contribution is 7.99. The lowest BCUT2D eigenvalue weighted by Crippen LogP contribution is -2.27. The Bertz CT molecular complexity index is 945. The molecule has 3 rings (SSSR count). The summed E-state index contributed by atoms with van der Waals surface area (Å²) in [5, 5.41) is 11.2. The Morgan fingerprint density at radius 2 is 2.00 bits per heavy atom. The highest BCUT2D eigenvalue weighted by atomic mass is 32.2. The number of amides is 1. The van der Waals surface area contributed by atoms with E-state index < -0.39 is 0 Å². The number of carbonyl (C=O) groups excluding carboxylic acids is 2. The van der Waals surface area contributed by atoms with E-state index in [0.717, 1.165) is 65.4 Å². The Hall–Kier alpha value is -2.28. The first kappa shape index (κ1) is 23.4. The molecule has 1 aromatic heterocycles. The predicted molar refractivity (Wildman–Crippen MR) is 129 cm³/mol. The van der Waals surface area contributed by atoms with E-state index in [1.54, 1.807) is 7.05 Å². The molecule has 1 fully saturated rings. The van der Waals surface area contributed by atoms with Crippen LogP contribution < -0.4 is 10.6 Å². The lowest BCUT2D eigenvalue weighted by Gasteiger charge is -2.26. The van der Waals surface area contributed by atoms with E-state index in [9.17, 15) is 9.59 Å². The van der Waals surface area contributed by atoms with Crippen LogP contribution in [-0.2, 0) is 11.2 Å². The second-order valence-electron chi connectivity index (χ2n) is 9.12. The topological polar surface area (TPSA) is 76.0 Å². The molecule has 0 unspecified atom stereocenters. The Kier molecular flexibility index (Phi) is 7.46. The quantitative estimate of drug-likeness (QED) is 0.596. The molecular formula is C24H34N4O2S. The number of benzene rings is 1. The zero-order valence-corrected chi connectivity index (χ0v) is 20.1. The summed E-state index contributed by atoms with van der Waals surface area (Å²) in [6, 6.07) is 6.23. The molecule has 2 heterocycles. The van der Waals surface area contributed by atoms with Gasteiger partial charge in [0.15, 0.2) is 0 Å². The third kappa shape index (κ3) is 5.50. The minimum absolute atomic E-state index is 0.0978. The van der Waals surface area contributed by atoms with Crippen molar-refractivity contribution in [3.63, 3.8) is 0 Å². The maximum Gasteiger partial charge on any atom is 0.253 e. The molecular weight excluding hydrogens is 408 g/mol. The van der Waals surface area contributed by atoms with Crippen LogP contribution in [0.4, 0.5) is 5.69 Å². The van der Waals surface area contributed by atoms with E-state index in [0.29, 0.717) is 18.0 Å². The van der Waals surface area contributed by atoms with Crippen LogP contribution in [-0.4, -0.2) is 46.6 Å². The molecule has 168 valence electrons. The lowest BCUT2D eigenvalue weighted by molar-refractivity contribution is -0.109. The van der Waals surface area contributed by atoms with Crippen molar-refractivity contribution in [1.29, 1.82) is 0 Å². The van der Waals surface area contributed by atoms with Gasteiger partial charge in [0.2, 0.25) is 0 Å². The van der Waals surface area contributed by atoms with E-state index >= 15 is 0 Å². The van der Waals surface area contributed by atoms with Gasteiger partial charge in [-0.25, -0.2) is 4.68 Å². The van der Waals surface area contributed by atoms with Crippen LogP contribution in [0, 0.1) is 19.3 Å². The SMILES string of the molecule is CNC(=O)c1ccc(-n2nc(C)c(C)c2CC(C)(C)CC=O)cc1NC1CCSCC1. The van der Waals surface area contributed by atoms with Crippen molar-refractivity contribution in [2.45, 2.75) is 59.4 Å². The molecule has 2 aromatic rings. The number of aromatic nitrogens is 2. The number of rotatable bonds is 8. The Morgan fingerprint density at radius 1 is 1.29 bits per heavy atom. The molecule has 31 heavy (non-hydrogen) atoms. The highest BCUT2D eigenvalue weighted by Gasteiger charge is 2.25. The Labute approximate surface area is 189 Å². The van der Waals surface area contributed by atoms with Crippen molar-refractivity contribution in [1.82, 2.24) is 15.1 Å². The smallest absolute Gasteiger partial charge is 0.253 e. The summed E-state index contributed by atoms with van der Waals surface area (Å²) in [5.74, 6) is 2.18. The molecule has 0 bridgehead atoms. The van der Waals surface area contributed by atoms with Gasteiger partial charge in [-0.05, 0) is 73.8 Å². The second kappa shape index (κ2) is 9.90. The van der Waals surface area contributed by atoms with Crippen molar-refractivity contribution in [2.24, 2.45) is 5.41 Å². The normalized spacial score (nSPS) is 15.0. The summed E-state index contributed by atoms with van der Waals surface area (Å²) in [4.78, 5) is 23.6. The number of hydrogen-bond donors (Lipinski definition) is 2. The van der Waals surface area contributed by atoms with Crippen molar-refractivity contribution < 1.29 is 9.59 Å². The molecule has 0 radical (unpaired) electrons. The van der Waals surface area contributed by atoms with Gasteiger partial charge in [-0.15, -0.1) is 0 Å². The number of nitrogens with one attached hydrogen (secondary N) is 2. The van der Waals surface area contributed by atoms with Gasteiger partial charge < -0.3 is 15.4 Å². The fraction of sp³-hybridized carbons (Fsp3) is 0.542. The van der Waals surface area contributed by atoms with E-state index in [2.05, 4.69) is 31.4 Å². The van der Waals surface area contributed by atoms with Crippen molar-refractivity contribution in [3.05, 3.63) is 40.7 Å².